The molecule has 0 aromatic carbocycles. The number of carbonyl (C=O) groups excluding carboxylic acids is 2. The molecule has 1 atom stereocenters. The highest BCUT2D eigenvalue weighted by Crippen LogP contribution is 2.02. The van der Waals surface area contributed by atoms with Gasteiger partial charge in [0, 0.05) is 6.42 Å². The number of rotatable bonds is 17. The van der Waals surface area contributed by atoms with Crippen molar-refractivity contribution < 1.29 is 19.4 Å². The van der Waals surface area contributed by atoms with E-state index in [1.165, 1.54) is 32.8 Å². The lowest BCUT2D eigenvalue weighted by Gasteiger charge is -2.13. The second-order valence-electron chi connectivity index (χ2n) is 6.81. The predicted octanol–water partition coefficient (Wildman–Crippen LogP) is 4.78. The molecule has 5 heteroatoms. The summed E-state index contributed by atoms with van der Waals surface area (Å²) in [6.45, 7) is 1.76. The molecule has 164 valence electrons. The molecule has 29 heavy (non-hydrogen) atoms. The van der Waals surface area contributed by atoms with E-state index in [9.17, 15) is 9.59 Å². The van der Waals surface area contributed by atoms with Crippen LogP contribution in [0.2, 0.25) is 0 Å². The average Bonchev–Trinajstić information content (AvgIpc) is 2.73. The van der Waals surface area contributed by atoms with E-state index in [4.69, 9.17) is 5.11 Å². The monoisotopic (exact) mass is 405 g/mol. The molecule has 0 aromatic rings. The molecule has 5 nitrogen and oxygen atoms in total. The third-order valence-corrected chi connectivity index (χ3v) is 4.24. The van der Waals surface area contributed by atoms with E-state index < -0.39 is 18.6 Å². The maximum Gasteiger partial charge on any atom is 0.330 e. The molecular formula is C24H39NO4. The highest BCUT2D eigenvalue weighted by Gasteiger charge is 2.19. The maximum absolute atomic E-state index is 11.7. The van der Waals surface area contributed by atoms with Gasteiger partial charge in [-0.05, 0) is 44.9 Å². The number of methoxy groups -OCH3 is 1. The lowest BCUT2D eigenvalue weighted by Crippen LogP contribution is -2.43. The van der Waals surface area contributed by atoms with Crippen molar-refractivity contribution in [3.05, 3.63) is 48.6 Å². The number of amides is 1. The summed E-state index contributed by atoms with van der Waals surface area (Å²) in [7, 11) is 1.22. The summed E-state index contributed by atoms with van der Waals surface area (Å²) in [6, 6.07) is -0.982. The van der Waals surface area contributed by atoms with Gasteiger partial charge in [-0.1, -0.05) is 68.4 Å². The van der Waals surface area contributed by atoms with E-state index in [0.717, 1.165) is 25.7 Å². The first-order chi connectivity index (χ1) is 14.2. The summed E-state index contributed by atoms with van der Waals surface area (Å²) in [4.78, 5) is 23.0. The summed E-state index contributed by atoms with van der Waals surface area (Å²) in [5.74, 6) is -0.897. The average molecular weight is 406 g/mol. The number of aliphatic hydroxyl groups is 1. The Morgan fingerprint density at radius 2 is 1.38 bits per heavy atom. The SMILES string of the molecule is CCCCC/C=C\C/C=C\C/C=C\C/C=C\CCCC(=O)N[C@@H](CO)C(=O)OC. The fraction of sp³-hybridized carbons (Fsp3) is 0.583. The van der Waals surface area contributed by atoms with Crippen molar-refractivity contribution in [2.24, 2.45) is 0 Å². The number of esters is 1. The second kappa shape index (κ2) is 20.6. The van der Waals surface area contributed by atoms with Gasteiger partial charge in [-0.15, -0.1) is 0 Å². The van der Waals surface area contributed by atoms with Crippen LogP contribution in [0.3, 0.4) is 0 Å². The van der Waals surface area contributed by atoms with Gasteiger partial charge in [0.25, 0.3) is 0 Å². The van der Waals surface area contributed by atoms with Crippen LogP contribution in [0.1, 0.15) is 71.1 Å². The fourth-order valence-electron chi connectivity index (χ4n) is 2.53. The summed E-state index contributed by atoms with van der Waals surface area (Å²) < 4.78 is 4.50. The molecular weight excluding hydrogens is 366 g/mol. The lowest BCUT2D eigenvalue weighted by atomic mass is 10.2. The van der Waals surface area contributed by atoms with Crippen molar-refractivity contribution in [2.75, 3.05) is 13.7 Å². The minimum absolute atomic E-state index is 0.259. The van der Waals surface area contributed by atoms with Crippen LogP contribution >= 0.6 is 0 Å². The van der Waals surface area contributed by atoms with Crippen LogP contribution in [0.25, 0.3) is 0 Å². The third kappa shape index (κ3) is 17.7. The first-order valence-corrected chi connectivity index (χ1v) is 10.7. The molecule has 0 rings (SSSR count). The van der Waals surface area contributed by atoms with Gasteiger partial charge in [-0.2, -0.15) is 0 Å². The number of aliphatic hydroxyl groups excluding tert-OH is 1. The Hall–Kier alpha value is -2.14. The molecule has 0 aliphatic carbocycles. The number of ether oxygens (including phenoxy) is 1. The molecule has 0 fully saturated rings. The molecule has 2 N–H and O–H groups in total. The number of nitrogens with one attached hydrogen (secondary N) is 1. The zero-order valence-corrected chi connectivity index (χ0v) is 18.1. The van der Waals surface area contributed by atoms with Crippen molar-refractivity contribution in [1.82, 2.24) is 5.32 Å². The van der Waals surface area contributed by atoms with Crippen LogP contribution in [0.4, 0.5) is 0 Å². The van der Waals surface area contributed by atoms with Gasteiger partial charge in [0.15, 0.2) is 6.04 Å². The van der Waals surface area contributed by atoms with Crippen molar-refractivity contribution in [3.63, 3.8) is 0 Å². The lowest BCUT2D eigenvalue weighted by molar-refractivity contribution is -0.146. The Bertz CT molecular complexity index is 535. The van der Waals surface area contributed by atoms with Crippen molar-refractivity contribution >= 4 is 11.9 Å². The Kier molecular flexibility index (Phi) is 19.1. The van der Waals surface area contributed by atoms with Gasteiger partial charge >= 0.3 is 5.97 Å². The van der Waals surface area contributed by atoms with Crippen LogP contribution in [0.15, 0.2) is 48.6 Å². The van der Waals surface area contributed by atoms with Gasteiger partial charge in [0.2, 0.25) is 5.91 Å². The Morgan fingerprint density at radius 1 is 0.862 bits per heavy atom. The molecule has 0 aliphatic rings. The number of unbranched alkanes of at least 4 members (excludes halogenated alkanes) is 4. The van der Waals surface area contributed by atoms with Gasteiger partial charge in [-0.3, -0.25) is 4.79 Å². The van der Waals surface area contributed by atoms with E-state index in [1.54, 1.807) is 0 Å². The quantitative estimate of drug-likeness (QED) is 0.207. The number of allylic oxidation sites excluding steroid dienone is 8. The number of hydrogen-bond acceptors (Lipinski definition) is 4. The molecule has 0 radical (unpaired) electrons. The summed E-state index contributed by atoms with van der Waals surface area (Å²) in [5, 5.41) is 11.5. The first-order valence-electron chi connectivity index (χ1n) is 10.7. The van der Waals surface area contributed by atoms with Gasteiger partial charge in [0.1, 0.15) is 0 Å². The molecule has 0 heterocycles. The highest BCUT2D eigenvalue weighted by atomic mass is 16.5. The largest absolute Gasteiger partial charge is 0.467 e. The minimum atomic E-state index is -0.982. The minimum Gasteiger partial charge on any atom is -0.467 e. The first kappa shape index (κ1) is 26.9. The van der Waals surface area contributed by atoms with Crippen molar-refractivity contribution in [3.8, 4) is 0 Å². The van der Waals surface area contributed by atoms with Gasteiger partial charge in [0.05, 0.1) is 13.7 Å². The molecule has 0 aromatic heterocycles. The molecule has 0 aliphatic heterocycles. The van der Waals surface area contributed by atoms with Crippen LogP contribution in [-0.4, -0.2) is 36.7 Å². The zero-order valence-electron chi connectivity index (χ0n) is 18.1. The Balaban J connectivity index is 3.67. The topological polar surface area (TPSA) is 75.6 Å². The molecule has 0 bridgehead atoms. The fourth-order valence-corrected chi connectivity index (χ4v) is 2.53. The van der Waals surface area contributed by atoms with Gasteiger partial charge < -0.3 is 15.2 Å². The predicted molar refractivity (Wildman–Crippen MR) is 119 cm³/mol. The smallest absolute Gasteiger partial charge is 0.330 e. The molecule has 1 amide bonds. The molecule has 0 saturated carbocycles. The Morgan fingerprint density at radius 3 is 1.86 bits per heavy atom. The van der Waals surface area contributed by atoms with Crippen molar-refractivity contribution in [1.29, 1.82) is 0 Å². The zero-order chi connectivity index (χ0) is 21.6. The highest BCUT2D eigenvalue weighted by molar-refractivity contribution is 5.84. The van der Waals surface area contributed by atoms with Crippen LogP contribution < -0.4 is 5.32 Å². The van der Waals surface area contributed by atoms with E-state index in [2.05, 4.69) is 65.6 Å². The summed E-state index contributed by atoms with van der Waals surface area (Å²) in [5.41, 5.74) is 0. The standard InChI is InChI=1S/C24H39NO4/c1-3-4-5-6-7-8-9-10-11-12-13-14-15-16-17-18-19-20-23(27)25-22(21-26)24(28)29-2/h7-8,10-11,13-14,16-17,22,26H,3-6,9,12,15,18-21H2,1-2H3,(H,25,27)/b8-7-,11-10-,14-13-,17-16-/t22-/m0/s1. The van der Waals surface area contributed by atoms with Crippen LogP contribution in [0.5, 0.6) is 0 Å². The molecule has 0 saturated heterocycles. The normalized spacial score (nSPS) is 13.1. The molecule has 0 spiro atoms. The van der Waals surface area contributed by atoms with E-state index in [1.807, 2.05) is 0 Å². The van der Waals surface area contributed by atoms with E-state index in [-0.39, 0.29) is 5.91 Å². The van der Waals surface area contributed by atoms with E-state index >= 15 is 0 Å². The van der Waals surface area contributed by atoms with Gasteiger partial charge in [-0.25, -0.2) is 4.79 Å². The van der Waals surface area contributed by atoms with Crippen molar-refractivity contribution in [2.45, 2.75) is 77.2 Å². The van der Waals surface area contributed by atoms with E-state index in [0.29, 0.717) is 12.8 Å². The Labute approximate surface area is 176 Å². The number of hydrogen-bond donors (Lipinski definition) is 2. The third-order valence-electron chi connectivity index (χ3n) is 4.24. The maximum atomic E-state index is 11.7. The number of carbonyl (C=O) groups is 2. The van der Waals surface area contributed by atoms with Crippen LogP contribution in [-0.2, 0) is 14.3 Å². The second-order valence-corrected chi connectivity index (χ2v) is 6.81. The molecule has 0 unspecified atom stereocenters. The summed E-state index contributed by atoms with van der Waals surface area (Å²) >= 11 is 0. The summed E-state index contributed by atoms with van der Waals surface area (Å²) in [6.07, 6.45) is 27.0. The van der Waals surface area contributed by atoms with Crippen LogP contribution in [0, 0.1) is 0 Å².